The Morgan fingerprint density at radius 3 is 2.56 bits per heavy atom. The van der Waals surface area contributed by atoms with E-state index in [9.17, 15) is 0 Å². The van der Waals surface area contributed by atoms with Gasteiger partial charge in [-0.25, -0.2) is 6.08 Å². The van der Waals surface area contributed by atoms with E-state index >= 15 is 0 Å². The van der Waals surface area contributed by atoms with Crippen LogP contribution in [0.1, 0.15) is 18.4 Å². The summed E-state index contributed by atoms with van der Waals surface area (Å²) in [6.45, 7) is 3.93. The van der Waals surface area contributed by atoms with E-state index in [0.717, 1.165) is 35.5 Å². The van der Waals surface area contributed by atoms with Crippen molar-refractivity contribution in [3.05, 3.63) is 48.2 Å². The predicted octanol–water partition coefficient (Wildman–Crippen LogP) is 2.73. The Kier molecular flexibility index (Phi) is 5.23. The standard InChI is InChI=1S/C13H14NO.Y/c1-10-4-3-5-13(14-10)11-6-8-12(15-2)9-7-11;/h6-9,14H,1,3-4H2,2H3;/q-1;. The fourth-order valence-corrected chi connectivity index (χ4v) is 1.55. The van der Waals surface area contributed by atoms with E-state index < -0.39 is 0 Å². The number of hydrogen-bond acceptors (Lipinski definition) is 2. The third-order valence-corrected chi connectivity index (χ3v) is 2.41. The Morgan fingerprint density at radius 2 is 2.00 bits per heavy atom. The average molecular weight is 289 g/mol. The number of benzene rings is 1. The molecule has 0 atom stereocenters. The molecule has 0 saturated carbocycles. The first-order valence-corrected chi connectivity index (χ1v) is 4.99. The van der Waals surface area contributed by atoms with Gasteiger partial charge in [0.2, 0.25) is 0 Å². The number of nitrogens with one attached hydrogen (secondary N) is 1. The Morgan fingerprint density at radius 1 is 1.31 bits per heavy atom. The van der Waals surface area contributed by atoms with Gasteiger partial charge in [0.25, 0.3) is 0 Å². The van der Waals surface area contributed by atoms with Crippen LogP contribution >= 0.6 is 0 Å². The number of methoxy groups -OCH3 is 1. The molecule has 1 aromatic carbocycles. The van der Waals surface area contributed by atoms with Gasteiger partial charge in [-0.3, -0.25) is 0 Å². The van der Waals surface area contributed by atoms with Crippen LogP contribution in [0.25, 0.3) is 5.70 Å². The van der Waals surface area contributed by atoms with Crippen molar-refractivity contribution in [3.63, 3.8) is 0 Å². The van der Waals surface area contributed by atoms with Crippen LogP contribution in [-0.4, -0.2) is 7.11 Å². The van der Waals surface area contributed by atoms with Gasteiger partial charge in [-0.15, -0.1) is 24.3 Å². The normalized spacial score (nSPS) is 14.6. The largest absolute Gasteiger partial charge is 0.497 e. The predicted molar refractivity (Wildman–Crippen MR) is 61.2 cm³/mol. The molecule has 0 bridgehead atoms. The Hall–Kier alpha value is -0.596. The van der Waals surface area contributed by atoms with E-state index in [4.69, 9.17) is 4.74 Å². The fourth-order valence-electron chi connectivity index (χ4n) is 1.55. The van der Waals surface area contributed by atoms with Crippen LogP contribution in [0.2, 0.25) is 0 Å². The summed E-state index contributed by atoms with van der Waals surface area (Å²) in [5.41, 5.74) is 3.20. The summed E-state index contributed by atoms with van der Waals surface area (Å²) in [6, 6.07) is 7.94. The van der Waals surface area contributed by atoms with Crippen LogP contribution in [0.4, 0.5) is 0 Å². The van der Waals surface area contributed by atoms with E-state index in [0.29, 0.717) is 0 Å². The second-order valence-electron chi connectivity index (χ2n) is 3.51. The van der Waals surface area contributed by atoms with E-state index in [1.807, 2.05) is 24.3 Å². The number of hydrogen-bond donors (Lipinski definition) is 1. The van der Waals surface area contributed by atoms with Gasteiger partial charge in [-0.05, 0) is 18.6 Å². The molecule has 1 N–H and O–H groups in total. The summed E-state index contributed by atoms with van der Waals surface area (Å²) in [4.78, 5) is 0. The molecule has 1 radical (unpaired) electrons. The molecule has 0 amide bonds. The number of ether oxygens (including phenoxy) is 1. The molecule has 81 valence electrons. The summed E-state index contributed by atoms with van der Waals surface area (Å²) >= 11 is 0. The van der Waals surface area contributed by atoms with Gasteiger partial charge >= 0.3 is 0 Å². The van der Waals surface area contributed by atoms with Crippen molar-refractivity contribution in [2.45, 2.75) is 12.8 Å². The zero-order valence-corrected chi connectivity index (χ0v) is 12.3. The molecule has 1 heterocycles. The topological polar surface area (TPSA) is 21.3 Å². The Bertz CT molecular complexity index is 395. The van der Waals surface area contributed by atoms with Gasteiger partial charge in [-0.1, -0.05) is 6.58 Å². The van der Waals surface area contributed by atoms with E-state index in [1.165, 1.54) is 0 Å². The minimum Gasteiger partial charge on any atom is -0.497 e. The second-order valence-corrected chi connectivity index (χ2v) is 3.51. The van der Waals surface area contributed by atoms with E-state index in [1.54, 1.807) is 7.11 Å². The Labute approximate surface area is 122 Å². The molecule has 3 heteroatoms. The summed E-state index contributed by atoms with van der Waals surface area (Å²) in [7, 11) is 1.67. The molecule has 1 aliphatic heterocycles. The van der Waals surface area contributed by atoms with Crippen molar-refractivity contribution in [2.24, 2.45) is 0 Å². The zero-order valence-electron chi connectivity index (χ0n) is 9.42. The van der Waals surface area contributed by atoms with Crippen LogP contribution in [0, 0.1) is 6.08 Å². The molecule has 16 heavy (non-hydrogen) atoms. The summed E-state index contributed by atoms with van der Waals surface area (Å²) in [5.74, 6) is 0.869. The maximum Gasteiger partial charge on any atom is 0.115 e. The second kappa shape index (κ2) is 6.22. The first-order chi connectivity index (χ1) is 7.29. The molecule has 0 fully saturated rings. The van der Waals surface area contributed by atoms with Gasteiger partial charge < -0.3 is 10.1 Å². The van der Waals surface area contributed by atoms with Crippen LogP contribution in [0.15, 0.2) is 36.5 Å². The Balaban J connectivity index is 0.00000128. The van der Waals surface area contributed by atoms with E-state index in [-0.39, 0.29) is 32.7 Å². The molecule has 0 saturated heterocycles. The molecule has 2 rings (SSSR count). The van der Waals surface area contributed by atoms with Gasteiger partial charge in [0.1, 0.15) is 5.75 Å². The molecule has 1 aliphatic rings. The van der Waals surface area contributed by atoms with Crippen LogP contribution < -0.4 is 10.1 Å². The molecular weight excluding hydrogens is 275 g/mol. The van der Waals surface area contributed by atoms with Gasteiger partial charge in [-0.2, -0.15) is 5.56 Å². The van der Waals surface area contributed by atoms with Gasteiger partial charge in [0, 0.05) is 38.4 Å². The first-order valence-electron chi connectivity index (χ1n) is 4.99. The fraction of sp³-hybridized carbons (Fsp3) is 0.231. The van der Waals surface area contributed by atoms with Crippen molar-refractivity contribution in [1.82, 2.24) is 5.32 Å². The molecule has 0 aliphatic carbocycles. The first kappa shape index (κ1) is 13.5. The van der Waals surface area contributed by atoms with Crippen molar-refractivity contribution in [3.8, 4) is 5.75 Å². The molecule has 0 unspecified atom stereocenters. The molecule has 1 aromatic rings. The maximum absolute atomic E-state index is 5.11. The average Bonchev–Trinajstić information content (AvgIpc) is 2.29. The molecule has 0 aromatic heterocycles. The molecule has 0 spiro atoms. The maximum atomic E-state index is 5.11. The van der Waals surface area contributed by atoms with Crippen molar-refractivity contribution < 1.29 is 37.4 Å². The van der Waals surface area contributed by atoms with Crippen LogP contribution in [0.5, 0.6) is 5.75 Å². The minimum absolute atomic E-state index is 0. The monoisotopic (exact) mass is 289 g/mol. The summed E-state index contributed by atoms with van der Waals surface area (Å²) in [5, 5.41) is 3.24. The SMILES string of the molecule is C=C1CC[C-]=C(c2ccc(OC)cc2)N1.[Y]. The third-order valence-electron chi connectivity index (χ3n) is 2.41. The van der Waals surface area contributed by atoms with Crippen molar-refractivity contribution in [1.29, 1.82) is 0 Å². The minimum atomic E-state index is 0. The van der Waals surface area contributed by atoms with Crippen LogP contribution in [-0.2, 0) is 32.7 Å². The van der Waals surface area contributed by atoms with Crippen molar-refractivity contribution >= 4 is 5.70 Å². The van der Waals surface area contributed by atoms with Gasteiger partial charge in [0.15, 0.2) is 0 Å². The summed E-state index contributed by atoms with van der Waals surface area (Å²) < 4.78 is 5.11. The third kappa shape index (κ3) is 3.20. The van der Waals surface area contributed by atoms with Crippen LogP contribution in [0.3, 0.4) is 0 Å². The zero-order chi connectivity index (χ0) is 10.7. The molecular formula is C13H14NOY-. The van der Waals surface area contributed by atoms with E-state index in [2.05, 4.69) is 18.0 Å². The van der Waals surface area contributed by atoms with Gasteiger partial charge in [0.05, 0.1) is 7.11 Å². The number of allylic oxidation sites excluding steroid dienone is 2. The summed E-state index contributed by atoms with van der Waals surface area (Å²) in [6.07, 6.45) is 5.22. The molecule has 2 nitrogen and oxygen atoms in total. The smallest absolute Gasteiger partial charge is 0.115 e. The van der Waals surface area contributed by atoms with Crippen molar-refractivity contribution in [2.75, 3.05) is 7.11 Å². The number of rotatable bonds is 2. The quantitative estimate of drug-likeness (QED) is 0.845.